The summed E-state index contributed by atoms with van der Waals surface area (Å²) in [5, 5.41) is 3.25. The third-order valence-electron chi connectivity index (χ3n) is 2.28. The van der Waals surface area contributed by atoms with E-state index in [9.17, 15) is 4.79 Å². The lowest BCUT2D eigenvalue weighted by atomic mass is 10.2. The lowest BCUT2D eigenvalue weighted by Gasteiger charge is -2.12. The molecule has 0 fully saturated rings. The minimum atomic E-state index is -0.167. The van der Waals surface area contributed by atoms with Gasteiger partial charge in [0, 0.05) is 24.6 Å². The Bertz CT molecular complexity index is 417. The molecule has 0 unspecified atom stereocenters. The van der Waals surface area contributed by atoms with Crippen LogP contribution >= 0.6 is 24.0 Å². The molecule has 3 N–H and O–H groups in total. The van der Waals surface area contributed by atoms with E-state index in [0.29, 0.717) is 42.8 Å². The first-order valence-corrected chi connectivity index (χ1v) is 6.55. The first-order valence-electron chi connectivity index (χ1n) is 6.17. The van der Waals surface area contributed by atoms with Crippen LogP contribution < -0.4 is 15.8 Å². The molecule has 1 aromatic carbocycles. The fraction of sp³-hybridized carbons (Fsp3) is 0.462. The molecule has 114 valence electrons. The quantitative estimate of drug-likeness (QED) is 0.721. The number of hydrogen-bond acceptors (Lipinski definition) is 4. The Morgan fingerprint density at radius 3 is 2.80 bits per heavy atom. The maximum absolute atomic E-state index is 11.5. The Hall–Kier alpha value is -1.01. The van der Waals surface area contributed by atoms with Crippen LogP contribution in [0.5, 0.6) is 5.75 Å². The smallest absolute Gasteiger partial charge is 0.225 e. The zero-order valence-corrected chi connectivity index (χ0v) is 12.9. The molecule has 7 heteroatoms. The highest BCUT2D eigenvalue weighted by molar-refractivity contribution is 6.31. The summed E-state index contributed by atoms with van der Waals surface area (Å²) in [5.41, 5.74) is 5.87. The molecular weight excluding hydrogens is 303 g/mol. The Labute approximate surface area is 130 Å². The molecule has 0 aromatic heterocycles. The number of rotatable bonds is 8. The summed E-state index contributed by atoms with van der Waals surface area (Å²) in [7, 11) is 0. The molecule has 0 saturated carbocycles. The molecule has 0 saturated heterocycles. The molecule has 1 rings (SSSR count). The van der Waals surface area contributed by atoms with Crippen molar-refractivity contribution in [2.75, 3.05) is 31.7 Å². The summed E-state index contributed by atoms with van der Waals surface area (Å²) in [4.78, 5) is 11.5. The minimum absolute atomic E-state index is 0. The van der Waals surface area contributed by atoms with Gasteiger partial charge in [-0.3, -0.25) is 4.79 Å². The Kier molecular flexibility index (Phi) is 10.2. The van der Waals surface area contributed by atoms with Crippen molar-refractivity contribution >= 4 is 35.6 Å². The molecule has 0 heterocycles. The number of ether oxygens (including phenoxy) is 2. The second kappa shape index (κ2) is 10.7. The van der Waals surface area contributed by atoms with Gasteiger partial charge < -0.3 is 20.5 Å². The van der Waals surface area contributed by atoms with Gasteiger partial charge in [0.15, 0.2) is 0 Å². The molecule has 0 aliphatic rings. The van der Waals surface area contributed by atoms with Gasteiger partial charge in [0.05, 0.1) is 12.3 Å². The zero-order chi connectivity index (χ0) is 14.1. The largest absolute Gasteiger partial charge is 0.489 e. The van der Waals surface area contributed by atoms with Crippen molar-refractivity contribution in [3.63, 3.8) is 0 Å². The summed E-state index contributed by atoms with van der Waals surface area (Å²) >= 11 is 5.90. The third kappa shape index (κ3) is 6.96. The van der Waals surface area contributed by atoms with E-state index in [-0.39, 0.29) is 24.7 Å². The molecule has 1 amide bonds. The Morgan fingerprint density at radius 2 is 2.15 bits per heavy atom. The standard InChI is InChI=1S/C13H19ClN2O3.ClH/c1-2-18-7-8-19-12-4-3-10(14)9-11(12)16-13(17)5-6-15;/h3-4,9H,2,5-8,15H2,1H3,(H,16,17);1H. The van der Waals surface area contributed by atoms with E-state index in [2.05, 4.69) is 5.32 Å². The molecular formula is C13H20Cl2N2O3. The number of hydrogen-bond donors (Lipinski definition) is 2. The van der Waals surface area contributed by atoms with Crippen molar-refractivity contribution < 1.29 is 14.3 Å². The fourth-order valence-corrected chi connectivity index (χ4v) is 1.60. The number of amides is 1. The van der Waals surface area contributed by atoms with E-state index in [1.165, 1.54) is 0 Å². The van der Waals surface area contributed by atoms with Gasteiger partial charge in [-0.1, -0.05) is 11.6 Å². The zero-order valence-electron chi connectivity index (χ0n) is 11.4. The molecule has 0 atom stereocenters. The molecule has 0 aliphatic carbocycles. The molecule has 1 aromatic rings. The number of anilines is 1. The maximum atomic E-state index is 11.5. The highest BCUT2D eigenvalue weighted by Gasteiger charge is 2.08. The van der Waals surface area contributed by atoms with Gasteiger partial charge in [-0.25, -0.2) is 0 Å². The highest BCUT2D eigenvalue weighted by Crippen LogP contribution is 2.28. The van der Waals surface area contributed by atoms with Gasteiger partial charge in [-0.2, -0.15) is 0 Å². The van der Waals surface area contributed by atoms with E-state index < -0.39 is 0 Å². The molecule has 0 spiro atoms. The van der Waals surface area contributed by atoms with Gasteiger partial charge in [0.2, 0.25) is 5.91 Å². The summed E-state index contributed by atoms with van der Waals surface area (Å²) in [6, 6.07) is 5.06. The van der Waals surface area contributed by atoms with Crippen LogP contribution in [0.15, 0.2) is 18.2 Å². The number of nitrogens with two attached hydrogens (primary N) is 1. The van der Waals surface area contributed by atoms with Crippen molar-refractivity contribution in [3.05, 3.63) is 23.2 Å². The summed E-state index contributed by atoms with van der Waals surface area (Å²) < 4.78 is 10.7. The van der Waals surface area contributed by atoms with Crippen molar-refractivity contribution in [1.82, 2.24) is 0 Å². The normalized spacial score (nSPS) is 9.75. The van der Waals surface area contributed by atoms with Crippen LogP contribution in [0, 0.1) is 0 Å². The second-order valence-corrected chi connectivity index (χ2v) is 4.21. The van der Waals surface area contributed by atoms with Crippen LogP contribution in [-0.2, 0) is 9.53 Å². The van der Waals surface area contributed by atoms with Gasteiger partial charge in [-0.05, 0) is 25.1 Å². The van der Waals surface area contributed by atoms with Crippen LogP contribution in [0.1, 0.15) is 13.3 Å². The number of benzene rings is 1. The summed E-state index contributed by atoms with van der Waals surface area (Å²) in [6.07, 6.45) is 0.255. The highest BCUT2D eigenvalue weighted by atomic mass is 35.5. The first kappa shape index (κ1) is 19.0. The van der Waals surface area contributed by atoms with Crippen LogP contribution in [0.3, 0.4) is 0 Å². The van der Waals surface area contributed by atoms with Crippen LogP contribution in [0.2, 0.25) is 5.02 Å². The average molecular weight is 323 g/mol. The van der Waals surface area contributed by atoms with Crippen LogP contribution in [-0.4, -0.2) is 32.3 Å². The summed E-state index contributed by atoms with van der Waals surface area (Å²) in [5.74, 6) is 0.397. The minimum Gasteiger partial charge on any atom is -0.489 e. The molecule has 5 nitrogen and oxygen atoms in total. The first-order chi connectivity index (χ1) is 9.17. The van der Waals surface area contributed by atoms with Gasteiger partial charge in [-0.15, -0.1) is 12.4 Å². The van der Waals surface area contributed by atoms with Crippen molar-refractivity contribution in [1.29, 1.82) is 0 Å². The molecule has 0 bridgehead atoms. The van der Waals surface area contributed by atoms with Crippen molar-refractivity contribution in [2.24, 2.45) is 5.73 Å². The van der Waals surface area contributed by atoms with E-state index in [4.69, 9.17) is 26.8 Å². The van der Waals surface area contributed by atoms with E-state index in [0.717, 1.165) is 0 Å². The van der Waals surface area contributed by atoms with Crippen molar-refractivity contribution in [2.45, 2.75) is 13.3 Å². The van der Waals surface area contributed by atoms with Gasteiger partial charge >= 0.3 is 0 Å². The lowest BCUT2D eigenvalue weighted by Crippen LogP contribution is -2.17. The number of carbonyl (C=O) groups is 1. The topological polar surface area (TPSA) is 73.6 Å². The van der Waals surface area contributed by atoms with Crippen molar-refractivity contribution in [3.8, 4) is 5.75 Å². The van der Waals surface area contributed by atoms with E-state index in [1.54, 1.807) is 18.2 Å². The SMILES string of the molecule is CCOCCOc1ccc(Cl)cc1NC(=O)CCN.Cl. The number of halogens is 2. The van der Waals surface area contributed by atoms with E-state index >= 15 is 0 Å². The second-order valence-electron chi connectivity index (χ2n) is 3.77. The van der Waals surface area contributed by atoms with E-state index in [1.807, 2.05) is 6.92 Å². The van der Waals surface area contributed by atoms with Gasteiger partial charge in [0.1, 0.15) is 12.4 Å². The average Bonchev–Trinajstić information content (AvgIpc) is 2.37. The van der Waals surface area contributed by atoms with Crippen LogP contribution in [0.4, 0.5) is 5.69 Å². The molecule has 0 aliphatic heterocycles. The lowest BCUT2D eigenvalue weighted by molar-refractivity contribution is -0.116. The molecule has 0 radical (unpaired) electrons. The third-order valence-corrected chi connectivity index (χ3v) is 2.51. The predicted octanol–water partition coefficient (Wildman–Crippen LogP) is 2.46. The number of nitrogens with one attached hydrogen (secondary N) is 1. The number of carbonyl (C=O) groups excluding carboxylic acids is 1. The monoisotopic (exact) mass is 322 g/mol. The Morgan fingerprint density at radius 1 is 1.40 bits per heavy atom. The van der Waals surface area contributed by atoms with Gasteiger partial charge in [0.25, 0.3) is 0 Å². The fourth-order valence-electron chi connectivity index (χ4n) is 1.42. The van der Waals surface area contributed by atoms with Crippen LogP contribution in [0.25, 0.3) is 0 Å². The maximum Gasteiger partial charge on any atom is 0.225 e. The predicted molar refractivity (Wildman–Crippen MR) is 83.0 cm³/mol. The Balaban J connectivity index is 0.00000361. The summed E-state index contributed by atoms with van der Waals surface area (Å²) in [6.45, 7) is 3.77. The molecule has 20 heavy (non-hydrogen) atoms.